The first-order chi connectivity index (χ1) is 9.78. The largest absolute Gasteiger partial charge is 0.0622 e. The van der Waals surface area contributed by atoms with Crippen molar-refractivity contribution >= 4 is 15.9 Å². The summed E-state index contributed by atoms with van der Waals surface area (Å²) in [7, 11) is 0. The summed E-state index contributed by atoms with van der Waals surface area (Å²) >= 11 is 3.39. The number of hydrogen-bond donors (Lipinski definition) is 0. The van der Waals surface area contributed by atoms with Crippen molar-refractivity contribution in [3.8, 4) is 0 Å². The van der Waals surface area contributed by atoms with Crippen molar-refractivity contribution in [3.63, 3.8) is 0 Å². The molecule has 0 aliphatic carbocycles. The first-order valence-corrected chi connectivity index (χ1v) is 8.36. The standard InChI is InChI=1S/C11H16.C9H11Br/c1-11(2,3)9-10-7-5-4-6-8-10;1-7(2)8-3-5-9(10)6-4-8/h4-8H,9H2,1-3H3;3-7H,1-2H3. The third kappa shape index (κ3) is 8.06. The minimum absolute atomic E-state index is 0.404. The molecule has 0 bridgehead atoms. The van der Waals surface area contributed by atoms with Crippen LogP contribution in [0.4, 0.5) is 0 Å². The quantitative estimate of drug-likeness (QED) is 0.557. The van der Waals surface area contributed by atoms with Crippen molar-refractivity contribution in [2.24, 2.45) is 5.41 Å². The fourth-order valence-electron chi connectivity index (χ4n) is 2.06. The molecule has 0 aliphatic rings. The molecule has 0 aromatic heterocycles. The highest BCUT2D eigenvalue weighted by Gasteiger charge is 2.09. The van der Waals surface area contributed by atoms with E-state index in [-0.39, 0.29) is 0 Å². The predicted molar refractivity (Wildman–Crippen MR) is 97.8 cm³/mol. The minimum Gasteiger partial charge on any atom is -0.0622 e. The normalized spacial score (nSPS) is 11.0. The Morgan fingerprint density at radius 1 is 0.857 bits per heavy atom. The molecule has 0 spiro atoms. The van der Waals surface area contributed by atoms with Gasteiger partial charge in [0.2, 0.25) is 0 Å². The van der Waals surface area contributed by atoms with E-state index < -0.39 is 0 Å². The van der Waals surface area contributed by atoms with Crippen LogP contribution in [0, 0.1) is 5.41 Å². The monoisotopic (exact) mass is 346 g/mol. The lowest BCUT2D eigenvalue weighted by molar-refractivity contribution is 0.411. The Labute approximate surface area is 138 Å². The van der Waals surface area contributed by atoms with Crippen LogP contribution >= 0.6 is 15.9 Å². The van der Waals surface area contributed by atoms with E-state index in [4.69, 9.17) is 0 Å². The maximum absolute atomic E-state index is 3.39. The molecule has 2 rings (SSSR count). The van der Waals surface area contributed by atoms with Gasteiger partial charge in [0.15, 0.2) is 0 Å². The summed E-state index contributed by atoms with van der Waals surface area (Å²) in [6.45, 7) is 11.2. The lowest BCUT2D eigenvalue weighted by atomic mass is 9.88. The Bertz CT molecular complexity index is 504. The van der Waals surface area contributed by atoms with Crippen LogP contribution in [0.3, 0.4) is 0 Å². The molecule has 2 aromatic rings. The van der Waals surface area contributed by atoms with Crippen LogP contribution < -0.4 is 0 Å². The first kappa shape index (κ1) is 18.0. The predicted octanol–water partition coefficient (Wildman–Crippen LogP) is 6.85. The second-order valence-corrected chi connectivity index (χ2v) is 7.84. The van der Waals surface area contributed by atoms with Crippen molar-refractivity contribution < 1.29 is 0 Å². The SMILES string of the molecule is CC(C)(C)Cc1ccccc1.CC(C)c1ccc(Br)cc1. The van der Waals surface area contributed by atoms with E-state index in [1.165, 1.54) is 11.1 Å². The number of halogens is 1. The molecule has 1 heteroatoms. The molecule has 0 amide bonds. The lowest BCUT2D eigenvalue weighted by Crippen LogP contribution is -2.08. The van der Waals surface area contributed by atoms with E-state index in [0.717, 1.165) is 10.9 Å². The molecule has 21 heavy (non-hydrogen) atoms. The average molecular weight is 347 g/mol. The molecular formula is C20H27Br. The maximum Gasteiger partial charge on any atom is 0.0175 e. The summed E-state index contributed by atoms with van der Waals surface area (Å²) in [6.07, 6.45) is 1.16. The summed E-state index contributed by atoms with van der Waals surface area (Å²) in [5, 5.41) is 0. The Morgan fingerprint density at radius 2 is 1.38 bits per heavy atom. The zero-order valence-corrected chi connectivity index (χ0v) is 15.4. The number of hydrogen-bond acceptors (Lipinski definition) is 0. The van der Waals surface area contributed by atoms with Gasteiger partial charge in [-0.05, 0) is 41.0 Å². The van der Waals surface area contributed by atoms with Gasteiger partial charge in [-0.1, -0.05) is 93.0 Å². The van der Waals surface area contributed by atoms with Gasteiger partial charge in [-0.3, -0.25) is 0 Å². The molecule has 0 atom stereocenters. The van der Waals surface area contributed by atoms with Crippen molar-refractivity contribution in [1.29, 1.82) is 0 Å². The van der Waals surface area contributed by atoms with Crippen molar-refractivity contribution in [2.75, 3.05) is 0 Å². The minimum atomic E-state index is 0.404. The summed E-state index contributed by atoms with van der Waals surface area (Å²) < 4.78 is 1.15. The Balaban J connectivity index is 0.000000211. The molecule has 0 fully saturated rings. The molecule has 0 saturated carbocycles. The van der Waals surface area contributed by atoms with Crippen molar-refractivity contribution in [2.45, 2.75) is 47.0 Å². The van der Waals surface area contributed by atoms with Gasteiger partial charge in [-0.2, -0.15) is 0 Å². The van der Waals surface area contributed by atoms with Crippen molar-refractivity contribution in [3.05, 3.63) is 70.2 Å². The molecule has 114 valence electrons. The Kier molecular flexibility index (Phi) is 7.17. The lowest BCUT2D eigenvalue weighted by Gasteiger charge is -2.17. The Morgan fingerprint density at radius 3 is 1.81 bits per heavy atom. The third-order valence-electron chi connectivity index (χ3n) is 3.11. The van der Waals surface area contributed by atoms with Crippen LogP contribution in [0.5, 0.6) is 0 Å². The summed E-state index contributed by atoms with van der Waals surface area (Å²) in [5.41, 5.74) is 3.23. The molecule has 0 N–H and O–H groups in total. The van der Waals surface area contributed by atoms with Crippen LogP contribution in [0.25, 0.3) is 0 Å². The van der Waals surface area contributed by atoms with Crippen molar-refractivity contribution in [1.82, 2.24) is 0 Å². The molecule has 0 radical (unpaired) electrons. The molecule has 0 nitrogen and oxygen atoms in total. The molecule has 0 saturated heterocycles. The summed E-state index contributed by atoms with van der Waals surface area (Å²) in [5.74, 6) is 0.632. The van der Waals surface area contributed by atoms with Crippen LogP contribution in [-0.2, 0) is 6.42 Å². The molecule has 2 aromatic carbocycles. The van der Waals surface area contributed by atoms with Crippen LogP contribution in [0.1, 0.15) is 51.7 Å². The topological polar surface area (TPSA) is 0 Å². The fourth-order valence-corrected chi connectivity index (χ4v) is 2.32. The first-order valence-electron chi connectivity index (χ1n) is 7.57. The highest BCUT2D eigenvalue weighted by atomic mass is 79.9. The zero-order chi connectivity index (χ0) is 15.9. The van der Waals surface area contributed by atoms with Gasteiger partial charge in [0.1, 0.15) is 0 Å². The molecular weight excluding hydrogens is 320 g/mol. The van der Waals surface area contributed by atoms with Gasteiger partial charge < -0.3 is 0 Å². The Hall–Kier alpha value is -1.08. The van der Waals surface area contributed by atoms with Crippen LogP contribution in [0.2, 0.25) is 0 Å². The summed E-state index contributed by atoms with van der Waals surface area (Å²) in [4.78, 5) is 0. The molecule has 0 heterocycles. The van der Waals surface area contributed by atoms with Gasteiger partial charge >= 0.3 is 0 Å². The van der Waals surface area contributed by atoms with Gasteiger partial charge in [-0.25, -0.2) is 0 Å². The van der Waals surface area contributed by atoms with E-state index in [1.807, 2.05) is 0 Å². The van der Waals surface area contributed by atoms with Gasteiger partial charge in [0.05, 0.1) is 0 Å². The summed E-state index contributed by atoms with van der Waals surface area (Å²) in [6, 6.07) is 19.1. The van der Waals surface area contributed by atoms with E-state index in [1.54, 1.807) is 0 Å². The molecule has 0 aliphatic heterocycles. The second kappa shape index (κ2) is 8.38. The smallest absolute Gasteiger partial charge is 0.0175 e. The fraction of sp³-hybridized carbons (Fsp3) is 0.400. The maximum atomic E-state index is 3.39. The third-order valence-corrected chi connectivity index (χ3v) is 3.64. The van der Waals surface area contributed by atoms with Gasteiger partial charge in [0.25, 0.3) is 0 Å². The van der Waals surface area contributed by atoms with Gasteiger partial charge in [0, 0.05) is 4.47 Å². The van der Waals surface area contributed by atoms with E-state index >= 15 is 0 Å². The van der Waals surface area contributed by atoms with E-state index in [2.05, 4.69) is 105 Å². The second-order valence-electron chi connectivity index (χ2n) is 6.93. The number of benzene rings is 2. The van der Waals surface area contributed by atoms with Gasteiger partial charge in [-0.15, -0.1) is 0 Å². The van der Waals surface area contributed by atoms with Crippen LogP contribution in [-0.4, -0.2) is 0 Å². The van der Waals surface area contributed by atoms with Crippen LogP contribution in [0.15, 0.2) is 59.1 Å². The molecule has 0 unspecified atom stereocenters. The number of rotatable bonds is 2. The van der Waals surface area contributed by atoms with E-state index in [9.17, 15) is 0 Å². The van der Waals surface area contributed by atoms with E-state index in [0.29, 0.717) is 11.3 Å². The average Bonchev–Trinajstić information content (AvgIpc) is 2.39. The highest BCUT2D eigenvalue weighted by molar-refractivity contribution is 9.10. The highest BCUT2D eigenvalue weighted by Crippen LogP contribution is 2.19. The zero-order valence-electron chi connectivity index (χ0n) is 13.9.